The van der Waals surface area contributed by atoms with Gasteiger partial charge in [-0.25, -0.2) is 0 Å². The predicted molar refractivity (Wildman–Crippen MR) is 91.0 cm³/mol. The minimum Gasteiger partial charge on any atom is -0.497 e. The fourth-order valence-electron chi connectivity index (χ4n) is 2.60. The Hall–Kier alpha value is -1.32. The zero-order valence-electron chi connectivity index (χ0n) is 14.3. The molecular weight excluding hydrogens is 276 g/mol. The molecule has 0 saturated carbocycles. The molecule has 1 aromatic rings. The van der Waals surface area contributed by atoms with Gasteiger partial charge in [-0.2, -0.15) is 0 Å². The molecule has 124 valence electrons. The van der Waals surface area contributed by atoms with Crippen LogP contribution in [0.2, 0.25) is 0 Å². The van der Waals surface area contributed by atoms with Gasteiger partial charge < -0.3 is 14.9 Å². The first-order valence-corrected chi connectivity index (χ1v) is 7.87. The molecule has 0 aliphatic heterocycles. The lowest BCUT2D eigenvalue weighted by molar-refractivity contribution is 0.0623. The Kier molecular flexibility index (Phi) is 6.64. The van der Waals surface area contributed by atoms with Crippen LogP contribution < -0.4 is 4.74 Å². The van der Waals surface area contributed by atoms with Crippen LogP contribution in [0.25, 0.3) is 0 Å². The Morgan fingerprint density at radius 1 is 1.18 bits per heavy atom. The van der Waals surface area contributed by atoms with E-state index in [9.17, 15) is 10.2 Å². The van der Waals surface area contributed by atoms with Gasteiger partial charge in [-0.05, 0) is 62.6 Å². The third-order valence-electron chi connectivity index (χ3n) is 4.19. The Bertz CT molecular complexity index is 459. The maximum atomic E-state index is 10.5. The predicted octanol–water partition coefficient (Wildman–Crippen LogP) is 4.25. The molecule has 2 unspecified atom stereocenters. The van der Waals surface area contributed by atoms with Gasteiger partial charge in [0.25, 0.3) is 0 Å². The second kappa shape index (κ2) is 7.80. The first-order valence-electron chi connectivity index (χ1n) is 7.87. The van der Waals surface area contributed by atoms with Crippen LogP contribution in [0.3, 0.4) is 0 Å². The molecule has 3 heteroatoms. The number of allylic oxidation sites excluding steroid dienone is 1. The molecule has 0 bridgehead atoms. The molecule has 0 aliphatic rings. The summed E-state index contributed by atoms with van der Waals surface area (Å²) in [5, 5.41) is 20.3. The summed E-state index contributed by atoms with van der Waals surface area (Å²) in [6.07, 6.45) is 4.55. The van der Waals surface area contributed by atoms with E-state index in [-0.39, 0.29) is 5.41 Å². The average molecular weight is 306 g/mol. The minimum atomic E-state index is -0.642. The van der Waals surface area contributed by atoms with E-state index in [4.69, 9.17) is 4.74 Å². The highest BCUT2D eigenvalue weighted by atomic mass is 16.5. The maximum Gasteiger partial charge on any atom is 0.118 e. The fourth-order valence-corrected chi connectivity index (χ4v) is 2.60. The molecule has 22 heavy (non-hydrogen) atoms. The van der Waals surface area contributed by atoms with Crippen molar-refractivity contribution in [2.24, 2.45) is 5.41 Å². The third kappa shape index (κ3) is 6.20. The molecule has 0 spiro atoms. The molecule has 3 nitrogen and oxygen atoms in total. The van der Waals surface area contributed by atoms with Crippen molar-refractivity contribution in [2.45, 2.75) is 58.2 Å². The van der Waals surface area contributed by atoms with Crippen molar-refractivity contribution in [3.05, 3.63) is 42.5 Å². The quantitative estimate of drug-likeness (QED) is 0.670. The highest BCUT2D eigenvalue weighted by molar-refractivity contribution is 5.28. The summed E-state index contributed by atoms with van der Waals surface area (Å²) < 4.78 is 5.13. The molecule has 1 rings (SSSR count). The average Bonchev–Trinajstić information content (AvgIpc) is 2.46. The van der Waals surface area contributed by atoms with Gasteiger partial charge in [0, 0.05) is 0 Å². The van der Waals surface area contributed by atoms with Crippen molar-refractivity contribution in [2.75, 3.05) is 7.11 Å². The van der Waals surface area contributed by atoms with E-state index in [2.05, 4.69) is 13.5 Å². The lowest BCUT2D eigenvalue weighted by Gasteiger charge is -2.30. The third-order valence-corrected chi connectivity index (χ3v) is 4.19. The highest BCUT2D eigenvalue weighted by Gasteiger charge is 2.26. The van der Waals surface area contributed by atoms with Gasteiger partial charge in [0.05, 0.1) is 18.8 Å². The Balaban J connectivity index is 2.64. The number of ether oxygens (including phenoxy) is 1. The number of hydrogen-bond donors (Lipinski definition) is 2. The van der Waals surface area contributed by atoms with Crippen LogP contribution in [0, 0.1) is 5.41 Å². The van der Waals surface area contributed by atoms with Gasteiger partial charge in [0.1, 0.15) is 5.75 Å². The van der Waals surface area contributed by atoms with Crippen molar-refractivity contribution in [3.63, 3.8) is 0 Å². The van der Waals surface area contributed by atoms with Crippen LogP contribution in [-0.4, -0.2) is 22.9 Å². The van der Waals surface area contributed by atoms with Crippen molar-refractivity contribution in [1.82, 2.24) is 0 Å². The molecule has 0 amide bonds. The number of rotatable bonds is 9. The van der Waals surface area contributed by atoms with Gasteiger partial charge in [-0.3, -0.25) is 0 Å². The van der Waals surface area contributed by atoms with Gasteiger partial charge in [-0.1, -0.05) is 25.1 Å². The largest absolute Gasteiger partial charge is 0.497 e. The van der Waals surface area contributed by atoms with Crippen molar-refractivity contribution in [1.29, 1.82) is 0 Å². The first-order chi connectivity index (χ1) is 10.2. The molecule has 0 saturated heterocycles. The minimum absolute atomic E-state index is 0.148. The molecule has 0 heterocycles. The molecular formula is C19H30O3. The Morgan fingerprint density at radius 2 is 1.77 bits per heavy atom. The normalized spacial score (nSPS) is 15.9. The van der Waals surface area contributed by atoms with E-state index in [1.54, 1.807) is 7.11 Å². The second-order valence-electron chi connectivity index (χ2n) is 7.02. The van der Waals surface area contributed by atoms with E-state index in [1.807, 2.05) is 44.2 Å². The molecule has 2 N–H and O–H groups in total. The van der Waals surface area contributed by atoms with E-state index in [1.165, 1.54) is 0 Å². The summed E-state index contributed by atoms with van der Waals surface area (Å²) >= 11 is 0. The fraction of sp³-hybridized carbons (Fsp3) is 0.579. The molecule has 2 atom stereocenters. The summed E-state index contributed by atoms with van der Waals surface area (Å²) in [7, 11) is 1.63. The number of benzene rings is 1. The van der Waals surface area contributed by atoms with Gasteiger partial charge in [0.2, 0.25) is 0 Å². The van der Waals surface area contributed by atoms with Crippen molar-refractivity contribution >= 4 is 0 Å². The molecule has 0 aromatic heterocycles. The number of methoxy groups -OCH3 is 1. The summed E-state index contributed by atoms with van der Waals surface area (Å²) in [5.74, 6) is 0.785. The molecule has 0 fully saturated rings. The van der Waals surface area contributed by atoms with Crippen LogP contribution >= 0.6 is 0 Å². The zero-order valence-corrected chi connectivity index (χ0v) is 14.3. The number of hydrogen-bond acceptors (Lipinski definition) is 3. The monoisotopic (exact) mass is 306 g/mol. The second-order valence-corrected chi connectivity index (χ2v) is 7.02. The standard InChI is InChI=1S/C19H30O3/c1-6-19(4,13-7-12-18(2,3)21)14-17(20)15-8-10-16(22-5)11-9-15/h6,8-11,17,20-21H,1,7,12-14H2,2-5H3. The lowest BCUT2D eigenvalue weighted by atomic mass is 9.78. The summed E-state index contributed by atoms with van der Waals surface area (Å²) in [6, 6.07) is 7.50. The van der Waals surface area contributed by atoms with Gasteiger partial charge in [0.15, 0.2) is 0 Å². The van der Waals surface area contributed by atoms with Crippen molar-refractivity contribution < 1.29 is 14.9 Å². The lowest BCUT2D eigenvalue weighted by Crippen LogP contribution is -2.21. The Morgan fingerprint density at radius 3 is 2.23 bits per heavy atom. The number of aliphatic hydroxyl groups excluding tert-OH is 1. The van der Waals surface area contributed by atoms with Crippen LogP contribution in [0.4, 0.5) is 0 Å². The van der Waals surface area contributed by atoms with E-state index >= 15 is 0 Å². The van der Waals surface area contributed by atoms with Crippen molar-refractivity contribution in [3.8, 4) is 5.75 Å². The van der Waals surface area contributed by atoms with Crippen LogP contribution in [0.15, 0.2) is 36.9 Å². The smallest absolute Gasteiger partial charge is 0.118 e. The topological polar surface area (TPSA) is 49.7 Å². The van der Waals surface area contributed by atoms with Gasteiger partial charge in [-0.15, -0.1) is 6.58 Å². The van der Waals surface area contributed by atoms with E-state index in [0.29, 0.717) is 6.42 Å². The molecule has 0 radical (unpaired) electrons. The molecule has 0 aliphatic carbocycles. The first kappa shape index (κ1) is 18.7. The molecule has 1 aromatic carbocycles. The van der Waals surface area contributed by atoms with Crippen LogP contribution in [0.1, 0.15) is 58.1 Å². The SMILES string of the molecule is C=CC(C)(CCCC(C)(C)O)CC(O)c1ccc(OC)cc1. The van der Waals surface area contributed by atoms with Crippen LogP contribution in [-0.2, 0) is 0 Å². The van der Waals surface area contributed by atoms with E-state index in [0.717, 1.165) is 30.6 Å². The summed E-state index contributed by atoms with van der Waals surface area (Å²) in [4.78, 5) is 0. The van der Waals surface area contributed by atoms with E-state index < -0.39 is 11.7 Å². The van der Waals surface area contributed by atoms with Gasteiger partial charge >= 0.3 is 0 Å². The maximum absolute atomic E-state index is 10.5. The van der Waals surface area contributed by atoms with Crippen LogP contribution in [0.5, 0.6) is 5.75 Å². The summed E-state index contributed by atoms with van der Waals surface area (Å²) in [6.45, 7) is 9.68. The Labute approximate surface area is 134 Å². The zero-order chi connectivity index (χ0) is 16.8. The highest BCUT2D eigenvalue weighted by Crippen LogP contribution is 2.36. The number of aliphatic hydroxyl groups is 2. The summed E-state index contributed by atoms with van der Waals surface area (Å²) in [5.41, 5.74) is 0.0951.